The zero-order valence-electron chi connectivity index (χ0n) is 14.7. The van der Waals surface area contributed by atoms with Crippen LogP contribution in [0.5, 0.6) is 0 Å². The second-order valence-electron chi connectivity index (χ2n) is 7.95. The normalized spacial score (nSPS) is 23.0. The van der Waals surface area contributed by atoms with Gasteiger partial charge in [0.15, 0.2) is 0 Å². The summed E-state index contributed by atoms with van der Waals surface area (Å²) < 4.78 is 0. The van der Waals surface area contributed by atoms with E-state index in [1.165, 1.54) is 42.6 Å². The molecule has 0 radical (unpaired) electrons. The Labute approximate surface area is 130 Å². The van der Waals surface area contributed by atoms with Gasteiger partial charge in [-0.25, -0.2) is 0 Å². The van der Waals surface area contributed by atoms with Gasteiger partial charge in [0, 0.05) is 31.5 Å². The molecule has 0 amide bonds. The predicted octanol–water partition coefficient (Wildman–Crippen LogP) is 5.08. The minimum Gasteiger partial charge on any atom is -0.382 e. The highest BCUT2D eigenvalue weighted by atomic mass is 15.1. The van der Waals surface area contributed by atoms with Gasteiger partial charge in [-0.05, 0) is 67.7 Å². The maximum absolute atomic E-state index is 3.77. The monoisotopic (exact) mass is 288 g/mol. The molecule has 1 N–H and O–H groups in total. The van der Waals surface area contributed by atoms with E-state index in [2.05, 4.69) is 70.2 Å². The molecule has 0 atom stereocenters. The lowest BCUT2D eigenvalue weighted by molar-refractivity contribution is 0.173. The average Bonchev–Trinajstić information content (AvgIpc) is 2.40. The Kier molecular flexibility index (Phi) is 4.85. The maximum Gasteiger partial charge on any atom is 0.0373 e. The third kappa shape index (κ3) is 4.15. The van der Waals surface area contributed by atoms with Gasteiger partial charge < -0.3 is 10.2 Å². The first-order valence-electron chi connectivity index (χ1n) is 8.32. The van der Waals surface area contributed by atoms with Gasteiger partial charge in [-0.1, -0.05) is 20.8 Å². The highest BCUT2D eigenvalue weighted by molar-refractivity contribution is 5.60. The summed E-state index contributed by atoms with van der Waals surface area (Å²) in [7, 11) is 4.19. The maximum atomic E-state index is 3.77. The Balaban J connectivity index is 1.95. The molecular weight excluding hydrogens is 256 g/mol. The van der Waals surface area contributed by atoms with Gasteiger partial charge in [-0.15, -0.1) is 0 Å². The van der Waals surface area contributed by atoms with Crippen LogP contribution in [-0.4, -0.2) is 20.1 Å². The molecule has 21 heavy (non-hydrogen) atoms. The molecular formula is C19H32N2. The quantitative estimate of drug-likeness (QED) is 0.834. The molecule has 0 spiro atoms. The van der Waals surface area contributed by atoms with E-state index in [9.17, 15) is 0 Å². The lowest BCUT2D eigenvalue weighted by atomic mass is 9.71. The van der Waals surface area contributed by atoms with E-state index in [4.69, 9.17) is 0 Å². The summed E-state index contributed by atoms with van der Waals surface area (Å²) in [6.07, 6.45) is 5.32. The van der Waals surface area contributed by atoms with Crippen LogP contribution in [0.3, 0.4) is 0 Å². The highest BCUT2D eigenvalue weighted by Gasteiger charge is 2.29. The van der Waals surface area contributed by atoms with Crippen molar-refractivity contribution in [3.63, 3.8) is 0 Å². The van der Waals surface area contributed by atoms with E-state index in [0.717, 1.165) is 5.92 Å². The van der Waals surface area contributed by atoms with Crippen LogP contribution < -0.4 is 10.2 Å². The molecule has 2 rings (SSSR count). The Bertz CT molecular complexity index is 463. The number of rotatable bonds is 3. The number of nitrogens with zero attached hydrogens (tertiary/aromatic N) is 1. The van der Waals surface area contributed by atoms with Crippen LogP contribution in [0.25, 0.3) is 0 Å². The Morgan fingerprint density at radius 1 is 1.05 bits per heavy atom. The lowest BCUT2D eigenvalue weighted by Crippen LogP contribution is -2.31. The zero-order valence-corrected chi connectivity index (χ0v) is 14.7. The van der Waals surface area contributed by atoms with E-state index >= 15 is 0 Å². The van der Waals surface area contributed by atoms with Gasteiger partial charge in [0.05, 0.1) is 0 Å². The van der Waals surface area contributed by atoms with Crippen LogP contribution in [-0.2, 0) is 0 Å². The van der Waals surface area contributed by atoms with Crippen molar-refractivity contribution in [2.24, 2.45) is 11.3 Å². The van der Waals surface area contributed by atoms with Gasteiger partial charge >= 0.3 is 0 Å². The third-order valence-corrected chi connectivity index (χ3v) is 5.04. The van der Waals surface area contributed by atoms with Gasteiger partial charge in [-0.3, -0.25) is 0 Å². The summed E-state index contributed by atoms with van der Waals surface area (Å²) in [6.45, 7) is 9.36. The molecule has 0 saturated heterocycles. The minimum atomic E-state index is 0.467. The van der Waals surface area contributed by atoms with E-state index in [-0.39, 0.29) is 0 Å². The average molecular weight is 288 g/mol. The van der Waals surface area contributed by atoms with Crippen LogP contribution in [0.4, 0.5) is 11.4 Å². The topological polar surface area (TPSA) is 15.3 Å². The molecule has 0 aliphatic heterocycles. The largest absolute Gasteiger partial charge is 0.382 e. The van der Waals surface area contributed by atoms with E-state index in [0.29, 0.717) is 11.5 Å². The Hall–Kier alpha value is -1.18. The molecule has 1 saturated carbocycles. The molecule has 1 aromatic rings. The Morgan fingerprint density at radius 3 is 2.14 bits per heavy atom. The molecule has 0 bridgehead atoms. The zero-order chi connectivity index (χ0) is 15.6. The molecule has 1 aliphatic carbocycles. The summed E-state index contributed by atoms with van der Waals surface area (Å²) >= 11 is 0. The number of aryl methyl sites for hydroxylation is 1. The molecule has 0 aromatic heterocycles. The van der Waals surface area contributed by atoms with Gasteiger partial charge in [0.2, 0.25) is 0 Å². The molecule has 1 aromatic carbocycles. The van der Waals surface area contributed by atoms with Crippen molar-refractivity contribution in [2.75, 3.05) is 24.3 Å². The second kappa shape index (κ2) is 6.29. The molecule has 1 fully saturated rings. The summed E-state index contributed by atoms with van der Waals surface area (Å²) in [5.74, 6) is 0.882. The van der Waals surface area contributed by atoms with Gasteiger partial charge in [0.1, 0.15) is 0 Å². The molecule has 2 nitrogen and oxygen atoms in total. The van der Waals surface area contributed by atoms with Crippen molar-refractivity contribution >= 4 is 11.4 Å². The minimum absolute atomic E-state index is 0.467. The SMILES string of the molecule is Cc1cc(N(C)C)ccc1NC1CCC(C(C)(C)C)CC1. The smallest absolute Gasteiger partial charge is 0.0373 e. The fourth-order valence-corrected chi connectivity index (χ4v) is 3.41. The molecule has 1 aliphatic rings. The van der Waals surface area contributed by atoms with Gasteiger partial charge in [0.25, 0.3) is 0 Å². The van der Waals surface area contributed by atoms with Crippen LogP contribution in [0.15, 0.2) is 18.2 Å². The van der Waals surface area contributed by atoms with Crippen molar-refractivity contribution in [2.45, 2.75) is 59.4 Å². The van der Waals surface area contributed by atoms with Crippen molar-refractivity contribution in [1.29, 1.82) is 0 Å². The third-order valence-electron chi connectivity index (χ3n) is 5.04. The van der Waals surface area contributed by atoms with E-state index in [1.54, 1.807) is 0 Å². The Morgan fingerprint density at radius 2 is 1.67 bits per heavy atom. The number of benzene rings is 1. The van der Waals surface area contributed by atoms with Crippen LogP contribution >= 0.6 is 0 Å². The fourth-order valence-electron chi connectivity index (χ4n) is 3.41. The number of hydrogen-bond acceptors (Lipinski definition) is 2. The van der Waals surface area contributed by atoms with E-state index in [1.807, 2.05) is 0 Å². The van der Waals surface area contributed by atoms with Crippen molar-refractivity contribution in [1.82, 2.24) is 0 Å². The van der Waals surface area contributed by atoms with Crippen molar-refractivity contribution in [3.05, 3.63) is 23.8 Å². The first kappa shape index (κ1) is 16.2. The predicted molar refractivity (Wildman–Crippen MR) is 94.3 cm³/mol. The van der Waals surface area contributed by atoms with Crippen LogP contribution in [0.2, 0.25) is 0 Å². The first-order chi connectivity index (χ1) is 9.77. The molecule has 2 heteroatoms. The number of nitrogens with one attached hydrogen (secondary N) is 1. The van der Waals surface area contributed by atoms with Crippen LogP contribution in [0.1, 0.15) is 52.0 Å². The number of hydrogen-bond donors (Lipinski definition) is 1. The lowest BCUT2D eigenvalue weighted by Gasteiger charge is -2.37. The standard InChI is InChI=1S/C19H32N2/c1-14-13-17(21(5)6)11-12-18(14)20-16-9-7-15(8-10-16)19(2,3)4/h11-13,15-16,20H,7-10H2,1-6H3. The molecule has 0 unspecified atom stereocenters. The highest BCUT2D eigenvalue weighted by Crippen LogP contribution is 2.38. The fraction of sp³-hybridized carbons (Fsp3) is 0.684. The number of anilines is 2. The molecule has 0 heterocycles. The summed E-state index contributed by atoms with van der Waals surface area (Å²) in [5, 5.41) is 3.77. The first-order valence-corrected chi connectivity index (χ1v) is 8.32. The van der Waals surface area contributed by atoms with Crippen molar-refractivity contribution < 1.29 is 0 Å². The summed E-state index contributed by atoms with van der Waals surface area (Å²) in [4.78, 5) is 2.16. The second-order valence-corrected chi connectivity index (χ2v) is 7.95. The summed E-state index contributed by atoms with van der Waals surface area (Å²) in [5.41, 5.74) is 4.39. The van der Waals surface area contributed by atoms with Crippen LogP contribution in [0, 0.1) is 18.3 Å². The van der Waals surface area contributed by atoms with Crippen molar-refractivity contribution in [3.8, 4) is 0 Å². The van der Waals surface area contributed by atoms with Gasteiger partial charge in [-0.2, -0.15) is 0 Å². The van der Waals surface area contributed by atoms with E-state index < -0.39 is 0 Å². The molecule has 118 valence electrons. The summed E-state index contributed by atoms with van der Waals surface area (Å²) in [6, 6.07) is 7.35.